The van der Waals surface area contributed by atoms with Gasteiger partial charge in [-0.3, -0.25) is 4.98 Å². The summed E-state index contributed by atoms with van der Waals surface area (Å²) in [5.41, 5.74) is 1.96. The fourth-order valence-electron chi connectivity index (χ4n) is 1.21. The van der Waals surface area contributed by atoms with Crippen LogP contribution in [0.3, 0.4) is 0 Å². The fraction of sp³-hybridized carbons (Fsp3) is 0.100. The van der Waals surface area contributed by atoms with E-state index in [9.17, 15) is 0 Å². The van der Waals surface area contributed by atoms with Crippen molar-refractivity contribution in [3.8, 4) is 0 Å². The fourth-order valence-corrected chi connectivity index (χ4v) is 1.43. The minimum Gasteiger partial charge on any atom is -0.255 e. The molecule has 0 aliphatic carbocycles. The molecule has 60 valence electrons. The Morgan fingerprint density at radius 3 is 2.92 bits per heavy atom. The summed E-state index contributed by atoms with van der Waals surface area (Å²) in [6, 6.07) is 7.96. The maximum Gasteiger partial charge on any atom is 0.0890 e. The first-order valence-electron chi connectivity index (χ1n) is 3.79. The SMILES string of the molecule is Cc1ccc2cccnc2c1Cl. The lowest BCUT2D eigenvalue weighted by molar-refractivity contribution is 1.39. The maximum absolute atomic E-state index is 6.06. The molecule has 2 aromatic rings. The average molecular weight is 178 g/mol. The predicted octanol–water partition coefficient (Wildman–Crippen LogP) is 3.20. The molecule has 1 aromatic carbocycles. The molecule has 0 unspecified atom stereocenters. The van der Waals surface area contributed by atoms with Crippen molar-refractivity contribution in [2.75, 3.05) is 0 Å². The van der Waals surface area contributed by atoms with E-state index in [1.54, 1.807) is 6.20 Å². The molecular weight excluding hydrogens is 170 g/mol. The van der Waals surface area contributed by atoms with Gasteiger partial charge in [0, 0.05) is 11.6 Å². The maximum atomic E-state index is 6.06. The molecule has 0 N–H and O–H groups in total. The number of fused-ring (bicyclic) bond motifs is 1. The van der Waals surface area contributed by atoms with E-state index in [4.69, 9.17) is 11.6 Å². The molecule has 1 aromatic heterocycles. The first kappa shape index (κ1) is 7.56. The number of halogens is 1. The third kappa shape index (κ3) is 1.07. The van der Waals surface area contributed by atoms with Gasteiger partial charge in [-0.1, -0.05) is 29.8 Å². The molecule has 2 heteroatoms. The lowest BCUT2D eigenvalue weighted by atomic mass is 10.1. The quantitative estimate of drug-likeness (QED) is 0.602. The van der Waals surface area contributed by atoms with Gasteiger partial charge in [0.25, 0.3) is 0 Å². The molecule has 0 radical (unpaired) electrons. The lowest BCUT2D eigenvalue weighted by Gasteiger charge is -2.01. The molecule has 0 fully saturated rings. The molecule has 1 nitrogen and oxygen atoms in total. The Morgan fingerprint density at radius 1 is 1.25 bits per heavy atom. The van der Waals surface area contributed by atoms with Crippen molar-refractivity contribution in [2.24, 2.45) is 0 Å². The van der Waals surface area contributed by atoms with Crippen LogP contribution in [0.4, 0.5) is 0 Å². The second-order valence-electron chi connectivity index (χ2n) is 2.77. The first-order valence-corrected chi connectivity index (χ1v) is 4.16. The summed E-state index contributed by atoms with van der Waals surface area (Å²) < 4.78 is 0. The summed E-state index contributed by atoms with van der Waals surface area (Å²) in [6.07, 6.45) is 1.76. The van der Waals surface area contributed by atoms with E-state index in [-0.39, 0.29) is 0 Å². The normalized spacial score (nSPS) is 10.5. The Balaban J connectivity index is 2.91. The molecule has 0 spiro atoms. The second-order valence-corrected chi connectivity index (χ2v) is 3.15. The van der Waals surface area contributed by atoms with Crippen LogP contribution in [0, 0.1) is 6.92 Å². The zero-order valence-electron chi connectivity index (χ0n) is 6.71. The van der Waals surface area contributed by atoms with Gasteiger partial charge in [0.2, 0.25) is 0 Å². The monoisotopic (exact) mass is 177 g/mol. The van der Waals surface area contributed by atoms with Crippen LogP contribution in [-0.4, -0.2) is 4.98 Å². The summed E-state index contributed by atoms with van der Waals surface area (Å²) in [4.78, 5) is 4.21. The van der Waals surface area contributed by atoms with Gasteiger partial charge in [0.05, 0.1) is 10.5 Å². The molecule has 12 heavy (non-hydrogen) atoms. The average Bonchev–Trinajstić information content (AvgIpc) is 2.12. The first-order chi connectivity index (χ1) is 5.79. The van der Waals surface area contributed by atoms with E-state index >= 15 is 0 Å². The van der Waals surface area contributed by atoms with Crippen molar-refractivity contribution >= 4 is 22.5 Å². The van der Waals surface area contributed by atoms with E-state index in [0.717, 1.165) is 21.5 Å². The number of pyridine rings is 1. The zero-order valence-corrected chi connectivity index (χ0v) is 7.47. The molecule has 0 bridgehead atoms. The van der Waals surface area contributed by atoms with Gasteiger partial charge in [0.1, 0.15) is 0 Å². The van der Waals surface area contributed by atoms with Gasteiger partial charge in [0.15, 0.2) is 0 Å². The van der Waals surface area contributed by atoms with Gasteiger partial charge in [-0.15, -0.1) is 0 Å². The molecular formula is C10H8ClN. The molecule has 1 heterocycles. The standard InChI is InChI=1S/C10H8ClN/c1-7-4-5-8-3-2-6-12-10(8)9(7)11/h2-6H,1H3. The van der Waals surface area contributed by atoms with Crippen LogP contribution in [0.25, 0.3) is 10.9 Å². The number of rotatable bonds is 0. The Bertz CT molecular complexity index is 423. The van der Waals surface area contributed by atoms with Crippen molar-refractivity contribution in [1.29, 1.82) is 0 Å². The van der Waals surface area contributed by atoms with Crippen molar-refractivity contribution in [3.05, 3.63) is 41.0 Å². The van der Waals surface area contributed by atoms with E-state index in [1.807, 2.05) is 31.2 Å². The van der Waals surface area contributed by atoms with Crippen LogP contribution in [0.15, 0.2) is 30.5 Å². The third-order valence-electron chi connectivity index (χ3n) is 1.91. The van der Waals surface area contributed by atoms with E-state index in [2.05, 4.69) is 4.98 Å². The highest BCUT2D eigenvalue weighted by molar-refractivity contribution is 6.35. The summed E-state index contributed by atoms with van der Waals surface area (Å²) in [6.45, 7) is 1.98. The molecule has 0 atom stereocenters. The van der Waals surface area contributed by atoms with Gasteiger partial charge >= 0.3 is 0 Å². The third-order valence-corrected chi connectivity index (χ3v) is 2.38. The van der Waals surface area contributed by atoms with E-state index < -0.39 is 0 Å². The van der Waals surface area contributed by atoms with Crippen LogP contribution in [0.2, 0.25) is 5.02 Å². The molecule has 0 aliphatic heterocycles. The Morgan fingerprint density at radius 2 is 2.08 bits per heavy atom. The summed E-state index contributed by atoms with van der Waals surface area (Å²) in [5.74, 6) is 0. The van der Waals surface area contributed by atoms with Crippen molar-refractivity contribution < 1.29 is 0 Å². The van der Waals surface area contributed by atoms with Crippen LogP contribution in [-0.2, 0) is 0 Å². The topological polar surface area (TPSA) is 12.9 Å². The lowest BCUT2D eigenvalue weighted by Crippen LogP contribution is -1.81. The minimum absolute atomic E-state index is 0.758. The molecule has 2 rings (SSSR count). The highest BCUT2D eigenvalue weighted by Gasteiger charge is 2.01. The summed E-state index contributed by atoms with van der Waals surface area (Å²) >= 11 is 6.06. The van der Waals surface area contributed by atoms with Crippen LogP contribution in [0.1, 0.15) is 5.56 Å². The molecule has 0 amide bonds. The second kappa shape index (κ2) is 2.76. The number of aromatic nitrogens is 1. The summed E-state index contributed by atoms with van der Waals surface area (Å²) in [7, 11) is 0. The van der Waals surface area contributed by atoms with Gasteiger partial charge < -0.3 is 0 Å². The minimum atomic E-state index is 0.758. The smallest absolute Gasteiger partial charge is 0.0890 e. The van der Waals surface area contributed by atoms with E-state index in [0.29, 0.717) is 0 Å². The number of benzene rings is 1. The highest BCUT2D eigenvalue weighted by Crippen LogP contribution is 2.24. The number of nitrogens with zero attached hydrogens (tertiary/aromatic N) is 1. The van der Waals surface area contributed by atoms with Gasteiger partial charge in [-0.05, 0) is 18.6 Å². The van der Waals surface area contributed by atoms with Crippen molar-refractivity contribution in [2.45, 2.75) is 6.92 Å². The van der Waals surface area contributed by atoms with Gasteiger partial charge in [-0.2, -0.15) is 0 Å². The van der Waals surface area contributed by atoms with Crippen molar-refractivity contribution in [3.63, 3.8) is 0 Å². The van der Waals surface area contributed by atoms with Crippen LogP contribution < -0.4 is 0 Å². The molecule has 0 saturated heterocycles. The van der Waals surface area contributed by atoms with Crippen molar-refractivity contribution in [1.82, 2.24) is 4.98 Å². The molecule has 0 saturated carbocycles. The molecule has 0 aliphatic rings. The number of hydrogen-bond acceptors (Lipinski definition) is 1. The van der Waals surface area contributed by atoms with E-state index in [1.165, 1.54) is 0 Å². The van der Waals surface area contributed by atoms with Gasteiger partial charge in [-0.25, -0.2) is 0 Å². The van der Waals surface area contributed by atoms with Crippen LogP contribution in [0.5, 0.6) is 0 Å². The Labute approximate surface area is 76.0 Å². The predicted molar refractivity (Wildman–Crippen MR) is 51.5 cm³/mol. The zero-order chi connectivity index (χ0) is 8.55. The Kier molecular flexibility index (Phi) is 1.74. The largest absolute Gasteiger partial charge is 0.255 e. The number of aryl methyl sites for hydroxylation is 1. The Hall–Kier alpha value is -1.08. The number of hydrogen-bond donors (Lipinski definition) is 0. The van der Waals surface area contributed by atoms with Crippen LogP contribution >= 0.6 is 11.6 Å². The highest BCUT2D eigenvalue weighted by atomic mass is 35.5. The summed E-state index contributed by atoms with van der Waals surface area (Å²) in [5, 5.41) is 1.85.